The minimum Gasteiger partial charge on any atom is -0.368 e. The first-order chi connectivity index (χ1) is 7.02. The van der Waals surface area contributed by atoms with Gasteiger partial charge in [-0.3, -0.25) is 4.79 Å². The highest BCUT2D eigenvalue weighted by Crippen LogP contribution is 2.12. The highest BCUT2D eigenvalue weighted by Gasteiger charge is 2.26. The van der Waals surface area contributed by atoms with Crippen LogP contribution in [0.5, 0.6) is 0 Å². The summed E-state index contributed by atoms with van der Waals surface area (Å²) < 4.78 is 0. The SMILES string of the molecule is CC(N)(CCN1CCCCCC1)C(N)=O. The fraction of sp³-hybridized carbons (Fsp3) is 0.909. The highest BCUT2D eigenvalue weighted by atomic mass is 16.1. The van der Waals surface area contributed by atoms with Crippen molar-refractivity contribution in [2.45, 2.75) is 44.6 Å². The van der Waals surface area contributed by atoms with Crippen LogP contribution < -0.4 is 11.5 Å². The minimum absolute atomic E-state index is 0.405. The predicted octanol–water partition coefficient (Wildman–Crippen LogP) is 0.455. The maximum Gasteiger partial charge on any atom is 0.237 e. The molecule has 1 aliphatic heterocycles. The number of carbonyl (C=O) groups is 1. The maximum atomic E-state index is 11.0. The van der Waals surface area contributed by atoms with Gasteiger partial charge in [-0.25, -0.2) is 0 Å². The molecule has 0 bridgehead atoms. The molecule has 0 radical (unpaired) electrons. The molecule has 0 aromatic rings. The van der Waals surface area contributed by atoms with Crippen molar-refractivity contribution in [1.82, 2.24) is 4.90 Å². The average Bonchev–Trinajstić information content (AvgIpc) is 2.42. The van der Waals surface area contributed by atoms with Crippen molar-refractivity contribution in [2.24, 2.45) is 11.5 Å². The van der Waals surface area contributed by atoms with E-state index in [2.05, 4.69) is 4.90 Å². The summed E-state index contributed by atoms with van der Waals surface area (Å²) in [5.74, 6) is -0.405. The van der Waals surface area contributed by atoms with Crippen LogP contribution in [0.1, 0.15) is 39.0 Å². The topological polar surface area (TPSA) is 72.3 Å². The van der Waals surface area contributed by atoms with Crippen LogP contribution in [0.4, 0.5) is 0 Å². The molecule has 1 rings (SSSR count). The third-order valence-corrected chi connectivity index (χ3v) is 3.21. The van der Waals surface area contributed by atoms with Crippen molar-refractivity contribution in [3.63, 3.8) is 0 Å². The number of likely N-dealkylation sites (tertiary alicyclic amines) is 1. The van der Waals surface area contributed by atoms with Crippen LogP contribution in [0.25, 0.3) is 0 Å². The second kappa shape index (κ2) is 5.47. The molecule has 1 fully saturated rings. The third kappa shape index (κ3) is 4.18. The van der Waals surface area contributed by atoms with Gasteiger partial charge in [0, 0.05) is 6.54 Å². The summed E-state index contributed by atoms with van der Waals surface area (Å²) >= 11 is 0. The van der Waals surface area contributed by atoms with Crippen LogP contribution in [-0.4, -0.2) is 36.0 Å². The Balaban J connectivity index is 2.31. The number of rotatable bonds is 4. The number of hydrogen-bond donors (Lipinski definition) is 2. The van der Waals surface area contributed by atoms with Gasteiger partial charge in [-0.1, -0.05) is 12.8 Å². The van der Waals surface area contributed by atoms with E-state index in [0.29, 0.717) is 6.42 Å². The van der Waals surface area contributed by atoms with Crippen LogP contribution in [0.2, 0.25) is 0 Å². The predicted molar refractivity (Wildman–Crippen MR) is 61.3 cm³/mol. The fourth-order valence-electron chi connectivity index (χ4n) is 1.87. The second-order valence-electron chi connectivity index (χ2n) is 4.79. The molecule has 15 heavy (non-hydrogen) atoms. The van der Waals surface area contributed by atoms with Crippen molar-refractivity contribution in [3.8, 4) is 0 Å². The Morgan fingerprint density at radius 3 is 2.27 bits per heavy atom. The first-order valence-corrected chi connectivity index (χ1v) is 5.83. The number of primary amides is 1. The Kier molecular flexibility index (Phi) is 4.54. The highest BCUT2D eigenvalue weighted by molar-refractivity contribution is 5.83. The first kappa shape index (κ1) is 12.5. The zero-order valence-corrected chi connectivity index (χ0v) is 9.67. The number of amides is 1. The van der Waals surface area contributed by atoms with Gasteiger partial charge in [0.25, 0.3) is 0 Å². The molecular formula is C11H23N3O. The molecule has 0 spiro atoms. The Hall–Kier alpha value is -0.610. The zero-order chi connectivity index (χ0) is 11.3. The quantitative estimate of drug-likeness (QED) is 0.712. The third-order valence-electron chi connectivity index (χ3n) is 3.21. The van der Waals surface area contributed by atoms with Gasteiger partial charge in [0.1, 0.15) is 0 Å². The average molecular weight is 213 g/mol. The van der Waals surface area contributed by atoms with Crippen LogP contribution in [0.3, 0.4) is 0 Å². The van der Waals surface area contributed by atoms with E-state index < -0.39 is 11.4 Å². The van der Waals surface area contributed by atoms with Gasteiger partial charge in [-0.2, -0.15) is 0 Å². The normalized spacial score (nSPS) is 23.1. The van der Waals surface area contributed by atoms with Crippen LogP contribution in [0.15, 0.2) is 0 Å². The number of nitrogens with zero attached hydrogens (tertiary/aromatic N) is 1. The van der Waals surface area contributed by atoms with Gasteiger partial charge in [-0.15, -0.1) is 0 Å². The van der Waals surface area contributed by atoms with Gasteiger partial charge in [0.15, 0.2) is 0 Å². The van der Waals surface area contributed by atoms with Crippen molar-refractivity contribution < 1.29 is 4.79 Å². The molecule has 4 nitrogen and oxygen atoms in total. The van der Waals surface area contributed by atoms with Crippen molar-refractivity contribution in [2.75, 3.05) is 19.6 Å². The summed E-state index contributed by atoms with van der Waals surface area (Å²) in [7, 11) is 0. The van der Waals surface area contributed by atoms with E-state index in [-0.39, 0.29) is 0 Å². The van der Waals surface area contributed by atoms with Gasteiger partial charge in [0.05, 0.1) is 5.54 Å². The van der Waals surface area contributed by atoms with Gasteiger partial charge >= 0.3 is 0 Å². The zero-order valence-electron chi connectivity index (χ0n) is 9.67. The molecule has 88 valence electrons. The number of nitrogens with two attached hydrogens (primary N) is 2. The summed E-state index contributed by atoms with van der Waals surface area (Å²) in [6.45, 7) is 4.87. The molecule has 4 N–H and O–H groups in total. The standard InChI is InChI=1S/C11H23N3O/c1-11(13,10(12)15)6-9-14-7-4-2-3-5-8-14/h2-9,13H2,1H3,(H2,12,15). The molecule has 1 unspecified atom stereocenters. The lowest BCUT2D eigenvalue weighted by Gasteiger charge is -2.26. The van der Waals surface area contributed by atoms with Gasteiger partial charge in [0.2, 0.25) is 5.91 Å². The van der Waals surface area contributed by atoms with Crippen LogP contribution in [0, 0.1) is 0 Å². The van der Waals surface area contributed by atoms with Crippen molar-refractivity contribution >= 4 is 5.91 Å². The molecule has 0 saturated carbocycles. The largest absolute Gasteiger partial charge is 0.368 e. The van der Waals surface area contributed by atoms with E-state index in [9.17, 15) is 4.79 Å². The van der Waals surface area contributed by atoms with E-state index in [4.69, 9.17) is 11.5 Å². The summed E-state index contributed by atoms with van der Waals surface area (Å²) in [6, 6.07) is 0. The second-order valence-corrected chi connectivity index (χ2v) is 4.79. The van der Waals surface area contributed by atoms with E-state index in [0.717, 1.165) is 19.6 Å². The van der Waals surface area contributed by atoms with E-state index in [1.807, 2.05) is 0 Å². The summed E-state index contributed by atoms with van der Waals surface area (Å²) in [6.07, 6.45) is 5.83. The lowest BCUT2D eigenvalue weighted by Crippen LogP contribution is -2.51. The maximum absolute atomic E-state index is 11.0. The Morgan fingerprint density at radius 1 is 1.27 bits per heavy atom. The summed E-state index contributed by atoms with van der Waals surface area (Å²) in [5.41, 5.74) is 10.2. The van der Waals surface area contributed by atoms with Crippen LogP contribution in [-0.2, 0) is 4.79 Å². The molecule has 1 amide bonds. The molecule has 1 heterocycles. The monoisotopic (exact) mass is 213 g/mol. The molecular weight excluding hydrogens is 190 g/mol. The van der Waals surface area contributed by atoms with E-state index in [1.165, 1.54) is 25.7 Å². The lowest BCUT2D eigenvalue weighted by atomic mass is 9.98. The van der Waals surface area contributed by atoms with Crippen LogP contribution >= 0.6 is 0 Å². The Labute approximate surface area is 92.0 Å². The van der Waals surface area contributed by atoms with Crippen molar-refractivity contribution in [1.29, 1.82) is 0 Å². The minimum atomic E-state index is -0.855. The first-order valence-electron chi connectivity index (χ1n) is 5.83. The van der Waals surface area contributed by atoms with Crippen molar-refractivity contribution in [3.05, 3.63) is 0 Å². The lowest BCUT2D eigenvalue weighted by molar-refractivity contribution is -0.122. The summed E-state index contributed by atoms with van der Waals surface area (Å²) in [4.78, 5) is 13.4. The molecule has 0 aromatic carbocycles. The molecule has 0 aliphatic carbocycles. The molecule has 0 aromatic heterocycles. The number of carbonyl (C=O) groups excluding carboxylic acids is 1. The molecule has 1 aliphatic rings. The summed E-state index contributed by atoms with van der Waals surface area (Å²) in [5, 5.41) is 0. The smallest absolute Gasteiger partial charge is 0.237 e. The van der Waals surface area contributed by atoms with Gasteiger partial charge in [-0.05, 0) is 39.3 Å². The number of hydrogen-bond acceptors (Lipinski definition) is 3. The molecule has 1 saturated heterocycles. The van der Waals surface area contributed by atoms with E-state index in [1.54, 1.807) is 6.92 Å². The molecule has 1 atom stereocenters. The van der Waals surface area contributed by atoms with E-state index >= 15 is 0 Å². The molecule has 4 heteroatoms. The van der Waals surface area contributed by atoms with Gasteiger partial charge < -0.3 is 16.4 Å². The Bertz CT molecular complexity index is 208. The fourth-order valence-corrected chi connectivity index (χ4v) is 1.87. The Morgan fingerprint density at radius 2 is 1.80 bits per heavy atom.